The highest BCUT2D eigenvalue weighted by Gasteiger charge is 2.03. The van der Waals surface area contributed by atoms with Crippen molar-refractivity contribution in [1.82, 2.24) is 25.4 Å². The molecule has 0 aliphatic rings. The fraction of sp³-hybridized carbons (Fsp3) is 0.526. The van der Waals surface area contributed by atoms with Crippen LogP contribution in [-0.4, -0.2) is 40.9 Å². The molecule has 1 aromatic carbocycles. The van der Waals surface area contributed by atoms with Gasteiger partial charge in [0.2, 0.25) is 0 Å². The second-order valence-electron chi connectivity index (χ2n) is 6.50. The summed E-state index contributed by atoms with van der Waals surface area (Å²) < 4.78 is 7.76. The Kier molecular flexibility index (Phi) is 10.8. The van der Waals surface area contributed by atoms with Gasteiger partial charge in [0, 0.05) is 33.1 Å². The Bertz CT molecular complexity index is 684. The van der Waals surface area contributed by atoms with Crippen LogP contribution in [0.25, 0.3) is 0 Å². The van der Waals surface area contributed by atoms with Gasteiger partial charge in [-0.1, -0.05) is 32.9 Å². The molecule has 7 nitrogen and oxygen atoms in total. The summed E-state index contributed by atoms with van der Waals surface area (Å²) in [6.45, 7) is 9.36. The van der Waals surface area contributed by atoms with Gasteiger partial charge in [-0.05, 0) is 23.6 Å². The average molecular weight is 486 g/mol. The van der Waals surface area contributed by atoms with Crippen LogP contribution in [0.15, 0.2) is 35.6 Å². The standard InChI is InChI=1S/C19H30N6O.HI/c1-5-18-24-23-14-25(18)11-10-21-19(20-4)22-12-16-6-8-17(9-7-16)26-13-15(2)3;/h6-9,14-15H,5,10-13H2,1-4H3,(H2,20,21,22);1H. The van der Waals surface area contributed by atoms with Crippen LogP contribution in [-0.2, 0) is 19.5 Å². The van der Waals surface area contributed by atoms with Gasteiger partial charge in [-0.2, -0.15) is 0 Å². The van der Waals surface area contributed by atoms with Gasteiger partial charge in [0.15, 0.2) is 5.96 Å². The van der Waals surface area contributed by atoms with Crippen LogP contribution < -0.4 is 15.4 Å². The Morgan fingerprint density at radius 2 is 1.96 bits per heavy atom. The lowest BCUT2D eigenvalue weighted by Crippen LogP contribution is -2.38. The molecule has 2 aromatic rings. The number of rotatable bonds is 9. The number of hydrogen-bond donors (Lipinski definition) is 2. The van der Waals surface area contributed by atoms with E-state index in [0.29, 0.717) is 12.5 Å². The van der Waals surface area contributed by atoms with Crippen LogP contribution >= 0.6 is 24.0 Å². The molecule has 0 saturated heterocycles. The summed E-state index contributed by atoms with van der Waals surface area (Å²) >= 11 is 0. The maximum Gasteiger partial charge on any atom is 0.191 e. The Labute approximate surface area is 179 Å². The van der Waals surface area contributed by atoms with Gasteiger partial charge in [0.1, 0.15) is 17.9 Å². The predicted molar refractivity (Wildman–Crippen MR) is 120 cm³/mol. The molecule has 2 rings (SSSR count). The van der Waals surface area contributed by atoms with Crippen molar-refractivity contribution in [3.05, 3.63) is 42.0 Å². The minimum atomic E-state index is 0. The second kappa shape index (κ2) is 12.5. The minimum Gasteiger partial charge on any atom is -0.493 e. The predicted octanol–water partition coefficient (Wildman–Crippen LogP) is 2.86. The summed E-state index contributed by atoms with van der Waals surface area (Å²) in [4.78, 5) is 4.26. The fourth-order valence-corrected chi connectivity index (χ4v) is 2.41. The largest absolute Gasteiger partial charge is 0.493 e. The Balaban J connectivity index is 0.00000364. The number of guanidine groups is 1. The van der Waals surface area contributed by atoms with Gasteiger partial charge < -0.3 is 19.9 Å². The molecule has 0 aliphatic carbocycles. The topological polar surface area (TPSA) is 76.4 Å². The third-order valence-electron chi connectivity index (χ3n) is 3.85. The molecule has 0 fully saturated rings. The van der Waals surface area contributed by atoms with Crippen molar-refractivity contribution in [3.8, 4) is 5.75 Å². The molecule has 0 spiro atoms. The van der Waals surface area contributed by atoms with Crippen LogP contribution in [0.1, 0.15) is 32.2 Å². The van der Waals surface area contributed by atoms with E-state index in [1.54, 1.807) is 13.4 Å². The van der Waals surface area contributed by atoms with Crippen LogP contribution in [0.4, 0.5) is 0 Å². The van der Waals surface area contributed by atoms with Crippen molar-refractivity contribution in [2.24, 2.45) is 10.9 Å². The first-order chi connectivity index (χ1) is 12.6. The number of nitrogens with zero attached hydrogens (tertiary/aromatic N) is 4. The van der Waals surface area contributed by atoms with E-state index in [1.807, 2.05) is 12.1 Å². The zero-order valence-corrected chi connectivity index (χ0v) is 18.9. The molecule has 0 atom stereocenters. The van der Waals surface area contributed by atoms with Crippen molar-refractivity contribution in [3.63, 3.8) is 0 Å². The highest BCUT2D eigenvalue weighted by atomic mass is 127. The van der Waals surface area contributed by atoms with Crippen molar-refractivity contribution in [2.45, 2.75) is 40.3 Å². The third-order valence-corrected chi connectivity index (χ3v) is 3.85. The highest BCUT2D eigenvalue weighted by Crippen LogP contribution is 2.13. The van der Waals surface area contributed by atoms with E-state index in [2.05, 4.69) is 63.3 Å². The second-order valence-corrected chi connectivity index (χ2v) is 6.50. The molecule has 0 bridgehead atoms. The molecule has 2 N–H and O–H groups in total. The summed E-state index contributed by atoms with van der Waals surface area (Å²) in [5.41, 5.74) is 1.18. The Morgan fingerprint density at radius 1 is 1.22 bits per heavy atom. The minimum absolute atomic E-state index is 0. The lowest BCUT2D eigenvalue weighted by atomic mass is 10.2. The van der Waals surface area contributed by atoms with E-state index in [9.17, 15) is 0 Å². The molecule has 8 heteroatoms. The van der Waals surface area contributed by atoms with Crippen LogP contribution in [0.5, 0.6) is 5.75 Å². The van der Waals surface area contributed by atoms with E-state index >= 15 is 0 Å². The quantitative estimate of drug-likeness (QED) is 0.324. The zero-order chi connectivity index (χ0) is 18.8. The Morgan fingerprint density at radius 3 is 2.59 bits per heavy atom. The molecule has 1 aromatic heterocycles. The molecule has 0 radical (unpaired) electrons. The highest BCUT2D eigenvalue weighted by molar-refractivity contribution is 14.0. The molecular formula is C19H31IN6O. The summed E-state index contributed by atoms with van der Waals surface area (Å²) in [7, 11) is 1.77. The van der Waals surface area contributed by atoms with Crippen LogP contribution in [0, 0.1) is 5.92 Å². The van der Waals surface area contributed by atoms with Crippen LogP contribution in [0.2, 0.25) is 0 Å². The number of aryl methyl sites for hydroxylation is 1. The third kappa shape index (κ3) is 8.15. The normalized spacial score (nSPS) is 11.2. The number of ether oxygens (including phenoxy) is 1. The smallest absolute Gasteiger partial charge is 0.191 e. The summed E-state index contributed by atoms with van der Waals surface area (Å²) in [5.74, 6) is 3.20. The lowest BCUT2D eigenvalue weighted by molar-refractivity contribution is 0.271. The first-order valence-corrected chi connectivity index (χ1v) is 9.15. The number of aliphatic imine (C=N–C) groups is 1. The Hall–Kier alpha value is -1.84. The lowest BCUT2D eigenvalue weighted by Gasteiger charge is -2.13. The van der Waals surface area contributed by atoms with E-state index < -0.39 is 0 Å². The van der Waals surface area contributed by atoms with Gasteiger partial charge in [0.05, 0.1) is 6.61 Å². The molecule has 0 unspecified atom stereocenters. The van der Waals surface area contributed by atoms with Crippen molar-refractivity contribution < 1.29 is 4.74 Å². The maximum atomic E-state index is 5.71. The fourth-order valence-electron chi connectivity index (χ4n) is 2.41. The van der Waals surface area contributed by atoms with Crippen molar-refractivity contribution in [1.29, 1.82) is 0 Å². The SMILES string of the molecule is CCc1nncn1CCNC(=NC)NCc1ccc(OCC(C)C)cc1.I. The molecule has 150 valence electrons. The van der Waals surface area contributed by atoms with E-state index in [-0.39, 0.29) is 24.0 Å². The van der Waals surface area contributed by atoms with Gasteiger partial charge in [-0.15, -0.1) is 34.2 Å². The monoisotopic (exact) mass is 486 g/mol. The number of benzene rings is 1. The summed E-state index contributed by atoms with van der Waals surface area (Å²) in [6.07, 6.45) is 2.64. The number of halogens is 1. The molecule has 0 amide bonds. The van der Waals surface area contributed by atoms with Gasteiger partial charge in [-0.25, -0.2) is 0 Å². The molecule has 0 aliphatic heterocycles. The van der Waals surface area contributed by atoms with E-state index in [0.717, 1.165) is 43.7 Å². The van der Waals surface area contributed by atoms with Gasteiger partial charge in [0.25, 0.3) is 0 Å². The number of nitrogens with one attached hydrogen (secondary N) is 2. The van der Waals surface area contributed by atoms with Gasteiger partial charge in [-0.3, -0.25) is 4.99 Å². The molecule has 27 heavy (non-hydrogen) atoms. The maximum absolute atomic E-state index is 5.71. The molecule has 0 saturated carbocycles. The van der Waals surface area contributed by atoms with Crippen molar-refractivity contribution >= 4 is 29.9 Å². The first-order valence-electron chi connectivity index (χ1n) is 9.15. The van der Waals surface area contributed by atoms with Crippen molar-refractivity contribution in [2.75, 3.05) is 20.2 Å². The van der Waals surface area contributed by atoms with Crippen LogP contribution in [0.3, 0.4) is 0 Å². The molecular weight excluding hydrogens is 455 g/mol. The number of aromatic nitrogens is 3. The van der Waals surface area contributed by atoms with E-state index in [1.165, 1.54) is 5.56 Å². The zero-order valence-electron chi connectivity index (χ0n) is 16.6. The summed E-state index contributed by atoms with van der Waals surface area (Å²) in [5, 5.41) is 14.7. The summed E-state index contributed by atoms with van der Waals surface area (Å²) in [6, 6.07) is 8.16. The molecule has 1 heterocycles. The van der Waals surface area contributed by atoms with E-state index in [4.69, 9.17) is 4.74 Å². The number of hydrogen-bond acceptors (Lipinski definition) is 4. The average Bonchev–Trinajstić information content (AvgIpc) is 3.11. The first kappa shape index (κ1) is 23.2. The van der Waals surface area contributed by atoms with Gasteiger partial charge >= 0.3 is 0 Å².